The topological polar surface area (TPSA) is 143 Å². The number of nitrogens with one attached hydrogen (secondary N) is 3. The Kier molecular flexibility index (Phi) is 6.14. The molecule has 0 radical (unpaired) electrons. The number of aromatic nitrogens is 2. The zero-order valence-electron chi connectivity index (χ0n) is 15.9. The summed E-state index contributed by atoms with van der Waals surface area (Å²) >= 11 is 0. The van der Waals surface area contributed by atoms with Gasteiger partial charge in [-0.2, -0.15) is 0 Å². The summed E-state index contributed by atoms with van der Waals surface area (Å²) in [6.45, 7) is 6.76. The number of hydrogen-bond donors (Lipinski definition) is 4. The Morgan fingerprint density at radius 1 is 1.07 bits per heavy atom. The molecule has 148 valence electrons. The molecule has 0 aliphatic heterocycles. The van der Waals surface area contributed by atoms with E-state index in [1.807, 2.05) is 0 Å². The molecule has 28 heavy (non-hydrogen) atoms. The van der Waals surface area contributed by atoms with Crippen LogP contribution in [0.2, 0.25) is 0 Å². The number of rotatable bonds is 4. The van der Waals surface area contributed by atoms with Crippen LogP contribution in [-0.4, -0.2) is 33.1 Å². The van der Waals surface area contributed by atoms with Crippen LogP contribution in [0.5, 0.6) is 11.5 Å². The second kappa shape index (κ2) is 8.33. The highest BCUT2D eigenvalue weighted by Gasteiger charge is 2.23. The van der Waals surface area contributed by atoms with Crippen molar-refractivity contribution in [2.75, 3.05) is 10.6 Å². The van der Waals surface area contributed by atoms with Gasteiger partial charge >= 0.3 is 12.1 Å². The van der Waals surface area contributed by atoms with Gasteiger partial charge in [0.05, 0.1) is 5.69 Å². The van der Waals surface area contributed by atoms with E-state index in [2.05, 4.69) is 25.9 Å². The van der Waals surface area contributed by atoms with E-state index < -0.39 is 23.4 Å². The number of carbonyl (C=O) groups is 3. The molecule has 0 atom stereocenters. The van der Waals surface area contributed by atoms with Gasteiger partial charge in [0.25, 0.3) is 0 Å². The van der Waals surface area contributed by atoms with Gasteiger partial charge in [0.1, 0.15) is 23.1 Å². The second-order valence-corrected chi connectivity index (χ2v) is 6.85. The van der Waals surface area contributed by atoms with Gasteiger partial charge < -0.3 is 9.84 Å². The van der Waals surface area contributed by atoms with Crippen molar-refractivity contribution in [3.8, 4) is 11.5 Å². The highest BCUT2D eigenvalue weighted by atomic mass is 16.5. The molecule has 0 bridgehead atoms. The molecule has 10 heteroatoms. The predicted molar refractivity (Wildman–Crippen MR) is 102 cm³/mol. The first-order chi connectivity index (χ1) is 13.0. The van der Waals surface area contributed by atoms with Crippen LogP contribution >= 0.6 is 0 Å². The third-order valence-corrected chi connectivity index (χ3v) is 3.38. The van der Waals surface area contributed by atoms with Gasteiger partial charge in [-0.15, -0.1) is 0 Å². The number of hydrogen-bond acceptors (Lipinski definition) is 6. The Bertz CT molecular complexity index is 907. The van der Waals surface area contributed by atoms with Crippen molar-refractivity contribution in [2.24, 2.45) is 5.41 Å². The highest BCUT2D eigenvalue weighted by molar-refractivity contribution is 6.02. The SMILES string of the molecule is Cc1nc(NC(=O)NC(=O)C(C)(C)C)ccc1Oc1ccnc(NC(=O)O)c1. The average Bonchev–Trinajstić information content (AvgIpc) is 2.56. The fourth-order valence-electron chi connectivity index (χ4n) is 1.94. The maximum atomic E-state index is 11.9. The van der Waals surface area contributed by atoms with E-state index in [9.17, 15) is 14.4 Å². The third-order valence-electron chi connectivity index (χ3n) is 3.38. The largest absolute Gasteiger partial charge is 0.465 e. The minimum absolute atomic E-state index is 0.120. The van der Waals surface area contributed by atoms with Gasteiger partial charge in [-0.25, -0.2) is 19.6 Å². The van der Waals surface area contributed by atoms with E-state index in [1.54, 1.807) is 39.8 Å². The molecular formula is C18H21N5O5. The van der Waals surface area contributed by atoms with Gasteiger partial charge in [0, 0.05) is 17.7 Å². The molecule has 0 fully saturated rings. The minimum atomic E-state index is -1.24. The summed E-state index contributed by atoms with van der Waals surface area (Å²) in [4.78, 5) is 42.5. The van der Waals surface area contributed by atoms with Crippen LogP contribution in [0, 0.1) is 12.3 Å². The molecule has 0 saturated carbocycles. The molecular weight excluding hydrogens is 366 g/mol. The van der Waals surface area contributed by atoms with Crippen molar-refractivity contribution >= 4 is 29.7 Å². The number of carbonyl (C=O) groups excluding carboxylic acids is 2. The van der Waals surface area contributed by atoms with Gasteiger partial charge in [-0.3, -0.25) is 20.7 Å². The maximum absolute atomic E-state index is 11.9. The number of carboxylic acid groups (broad SMARTS) is 1. The number of ether oxygens (including phenoxy) is 1. The molecule has 4 amide bonds. The zero-order chi connectivity index (χ0) is 20.9. The Hall–Kier alpha value is -3.69. The molecule has 0 saturated heterocycles. The monoisotopic (exact) mass is 387 g/mol. The van der Waals surface area contributed by atoms with Crippen LogP contribution in [0.25, 0.3) is 0 Å². The first kappa shape index (κ1) is 20.6. The molecule has 0 unspecified atom stereocenters. The average molecular weight is 387 g/mol. The number of pyridine rings is 2. The van der Waals surface area contributed by atoms with E-state index in [0.29, 0.717) is 17.2 Å². The number of aryl methyl sites for hydroxylation is 1. The van der Waals surface area contributed by atoms with Crippen molar-refractivity contribution in [1.29, 1.82) is 0 Å². The fraction of sp³-hybridized carbons (Fsp3) is 0.278. The maximum Gasteiger partial charge on any atom is 0.410 e. The Balaban J connectivity index is 2.05. The van der Waals surface area contributed by atoms with E-state index >= 15 is 0 Å². The molecule has 2 aromatic rings. The first-order valence-electron chi connectivity index (χ1n) is 8.28. The van der Waals surface area contributed by atoms with Crippen LogP contribution < -0.4 is 20.7 Å². The first-order valence-corrected chi connectivity index (χ1v) is 8.28. The smallest absolute Gasteiger partial charge is 0.410 e. The zero-order valence-corrected chi connectivity index (χ0v) is 15.9. The summed E-state index contributed by atoms with van der Waals surface area (Å²) in [5.41, 5.74) is -0.221. The molecule has 0 aromatic carbocycles. The third kappa shape index (κ3) is 5.94. The standard InChI is InChI=1S/C18H21N5O5/c1-10-12(28-11-7-8-19-14(9-11)22-17(26)27)5-6-13(20-10)21-16(25)23-15(24)18(2,3)4/h5-9H,1-4H3,(H,19,22)(H,26,27)(H2,20,21,23,24,25). The van der Waals surface area contributed by atoms with E-state index in [1.165, 1.54) is 18.3 Å². The summed E-state index contributed by atoms with van der Waals surface area (Å²) in [6, 6.07) is 5.41. The van der Waals surface area contributed by atoms with Crippen LogP contribution in [0.4, 0.5) is 21.2 Å². The predicted octanol–water partition coefficient (Wildman–Crippen LogP) is 3.36. The Labute approximate surface area is 161 Å². The van der Waals surface area contributed by atoms with Gasteiger partial charge in [-0.05, 0) is 25.1 Å². The molecule has 2 aromatic heterocycles. The summed E-state index contributed by atoms with van der Waals surface area (Å²) in [5, 5.41) is 15.6. The van der Waals surface area contributed by atoms with Gasteiger partial charge in [-0.1, -0.05) is 20.8 Å². The molecule has 2 heterocycles. The number of urea groups is 1. The molecule has 0 spiro atoms. The number of anilines is 2. The number of nitrogens with zero attached hydrogens (tertiary/aromatic N) is 2. The van der Waals surface area contributed by atoms with Gasteiger partial charge in [0.2, 0.25) is 5.91 Å². The van der Waals surface area contributed by atoms with Crippen molar-refractivity contribution in [3.05, 3.63) is 36.2 Å². The van der Waals surface area contributed by atoms with Crippen molar-refractivity contribution in [2.45, 2.75) is 27.7 Å². The number of amides is 4. The molecule has 10 nitrogen and oxygen atoms in total. The van der Waals surface area contributed by atoms with Crippen LogP contribution in [-0.2, 0) is 4.79 Å². The second-order valence-electron chi connectivity index (χ2n) is 6.85. The van der Waals surface area contributed by atoms with Crippen molar-refractivity contribution in [3.63, 3.8) is 0 Å². The van der Waals surface area contributed by atoms with Crippen LogP contribution in [0.15, 0.2) is 30.5 Å². The Morgan fingerprint density at radius 3 is 2.39 bits per heavy atom. The minimum Gasteiger partial charge on any atom is -0.465 e. The quantitative estimate of drug-likeness (QED) is 0.630. The van der Waals surface area contributed by atoms with Crippen LogP contribution in [0.3, 0.4) is 0 Å². The van der Waals surface area contributed by atoms with E-state index in [0.717, 1.165) is 0 Å². The van der Waals surface area contributed by atoms with Gasteiger partial charge in [0.15, 0.2) is 0 Å². The molecule has 0 aliphatic carbocycles. The van der Waals surface area contributed by atoms with Crippen LogP contribution in [0.1, 0.15) is 26.5 Å². The lowest BCUT2D eigenvalue weighted by Crippen LogP contribution is -2.41. The summed E-state index contributed by atoms with van der Waals surface area (Å²) < 4.78 is 5.68. The molecule has 0 aliphatic rings. The fourth-order valence-corrected chi connectivity index (χ4v) is 1.94. The lowest BCUT2D eigenvalue weighted by atomic mass is 9.96. The summed E-state index contributed by atoms with van der Waals surface area (Å²) in [5.74, 6) is 0.716. The molecule has 2 rings (SSSR count). The van der Waals surface area contributed by atoms with Crippen molar-refractivity contribution in [1.82, 2.24) is 15.3 Å². The molecule has 4 N–H and O–H groups in total. The Morgan fingerprint density at radius 2 is 1.79 bits per heavy atom. The lowest BCUT2D eigenvalue weighted by molar-refractivity contribution is -0.127. The summed E-state index contributed by atoms with van der Waals surface area (Å²) in [6.07, 6.45) is 0.164. The number of imide groups is 1. The van der Waals surface area contributed by atoms with E-state index in [-0.39, 0.29) is 11.6 Å². The lowest BCUT2D eigenvalue weighted by Gasteiger charge is -2.17. The van der Waals surface area contributed by atoms with E-state index in [4.69, 9.17) is 9.84 Å². The normalized spacial score (nSPS) is 10.7. The highest BCUT2D eigenvalue weighted by Crippen LogP contribution is 2.26. The van der Waals surface area contributed by atoms with Crippen molar-refractivity contribution < 1.29 is 24.2 Å². The summed E-state index contributed by atoms with van der Waals surface area (Å²) in [7, 11) is 0.